The number of likely N-dealkylation sites (N-methyl/N-ethyl adjacent to an activating group) is 1. The van der Waals surface area contributed by atoms with Crippen molar-refractivity contribution in [1.29, 1.82) is 0 Å². The Labute approximate surface area is 354 Å². The fourth-order valence-corrected chi connectivity index (χ4v) is 9.12. The Hall–Kier alpha value is -5.63. The predicted octanol–water partition coefficient (Wildman–Crippen LogP) is 6.84. The van der Waals surface area contributed by atoms with Crippen molar-refractivity contribution in [1.82, 2.24) is 14.7 Å². The van der Waals surface area contributed by atoms with Gasteiger partial charge in [-0.15, -0.1) is 11.6 Å². The topological polar surface area (TPSA) is 132 Å². The molecule has 14 heteroatoms. The molecule has 3 atom stereocenters. The number of ether oxygens (including phenoxy) is 3. The largest absolute Gasteiger partial charge is 0.489 e. The van der Waals surface area contributed by atoms with E-state index in [9.17, 15) is 24.3 Å². The number of alkyl halides is 1. The van der Waals surface area contributed by atoms with Crippen LogP contribution in [-0.2, 0) is 22.6 Å². The summed E-state index contributed by atoms with van der Waals surface area (Å²) in [5, 5.41) is 13.3. The molecule has 0 aliphatic carbocycles. The second kappa shape index (κ2) is 17.5. The monoisotopic (exact) mass is 835 g/mol. The summed E-state index contributed by atoms with van der Waals surface area (Å²) >= 11 is 6.55. The Morgan fingerprint density at radius 3 is 2.42 bits per heavy atom. The van der Waals surface area contributed by atoms with Gasteiger partial charge >= 0.3 is 12.2 Å². The molecule has 4 aromatic rings. The van der Waals surface area contributed by atoms with Crippen LogP contribution in [0.4, 0.5) is 21.0 Å². The van der Waals surface area contributed by atoms with E-state index in [-0.39, 0.29) is 48.6 Å². The second-order valence-corrected chi connectivity index (χ2v) is 16.3. The molecule has 0 aromatic heterocycles. The molecule has 2 saturated heterocycles. The first-order valence-electron chi connectivity index (χ1n) is 20.5. The molecule has 13 nitrogen and oxygen atoms in total. The third-order valence-electron chi connectivity index (χ3n) is 12.0. The minimum absolute atomic E-state index is 0.0596. The zero-order valence-corrected chi connectivity index (χ0v) is 34.7. The number of aliphatic hydroxyl groups excluding tert-OH is 1. The van der Waals surface area contributed by atoms with Gasteiger partial charge in [-0.1, -0.05) is 61.2 Å². The number of aryl methyl sites for hydroxylation is 1. The zero-order chi connectivity index (χ0) is 42.1. The molecule has 4 aliphatic rings. The Bertz CT molecular complexity index is 2330. The van der Waals surface area contributed by atoms with Crippen LogP contribution in [0.25, 0.3) is 10.8 Å². The van der Waals surface area contributed by atoms with Gasteiger partial charge in [-0.05, 0) is 66.9 Å². The van der Waals surface area contributed by atoms with E-state index < -0.39 is 24.5 Å². The first-order chi connectivity index (χ1) is 29.1. The SMILES string of the molecule is C=CCOC(=O)N1c2cc(OCc3cccc(CC(=O)N4C[C@@H](CCl)c5c4cc(OC(=O)N4CCN(C)CC4)c4ccccc54)c3)c(C)cc2C(=O)N2CCCC[C@H]2C1O. The van der Waals surface area contributed by atoms with Gasteiger partial charge in [0.05, 0.1) is 29.4 Å². The number of anilines is 2. The molecule has 1 N–H and O–H groups in total. The molecule has 60 heavy (non-hydrogen) atoms. The van der Waals surface area contributed by atoms with Gasteiger partial charge in [-0.25, -0.2) is 14.5 Å². The summed E-state index contributed by atoms with van der Waals surface area (Å²) in [6.07, 6.45) is 1.21. The molecule has 1 unspecified atom stereocenters. The fraction of sp³-hybridized carbons (Fsp3) is 0.391. The summed E-state index contributed by atoms with van der Waals surface area (Å²) in [5.41, 5.74) is 4.40. The Morgan fingerprint density at radius 2 is 1.65 bits per heavy atom. The van der Waals surface area contributed by atoms with Crippen LogP contribution in [0, 0.1) is 6.92 Å². The van der Waals surface area contributed by atoms with Crippen molar-refractivity contribution < 1.29 is 38.5 Å². The maximum absolute atomic E-state index is 14.2. The summed E-state index contributed by atoms with van der Waals surface area (Å²) in [6.45, 7) is 9.08. The van der Waals surface area contributed by atoms with Gasteiger partial charge < -0.3 is 38.9 Å². The molecule has 0 spiro atoms. The van der Waals surface area contributed by atoms with Crippen LogP contribution < -0.4 is 19.3 Å². The van der Waals surface area contributed by atoms with Crippen molar-refractivity contribution in [3.05, 3.63) is 107 Å². The summed E-state index contributed by atoms with van der Waals surface area (Å²) in [7, 11) is 2.03. The molecule has 4 amide bonds. The van der Waals surface area contributed by atoms with E-state index in [2.05, 4.69) is 11.5 Å². The lowest BCUT2D eigenvalue weighted by atomic mass is 9.95. The van der Waals surface area contributed by atoms with E-state index in [1.807, 2.05) is 62.5 Å². The number of carbonyl (C=O) groups excluding carboxylic acids is 4. The Balaban J connectivity index is 1.02. The van der Waals surface area contributed by atoms with Gasteiger partial charge in [0.15, 0.2) is 6.23 Å². The highest BCUT2D eigenvalue weighted by Gasteiger charge is 2.44. The van der Waals surface area contributed by atoms with Gasteiger partial charge in [0.25, 0.3) is 5.91 Å². The smallest absolute Gasteiger partial charge is 0.416 e. The Kier molecular flexibility index (Phi) is 12.0. The van der Waals surface area contributed by atoms with E-state index >= 15 is 0 Å². The normalized spacial score (nSPS) is 20.3. The third kappa shape index (κ3) is 8.01. The van der Waals surface area contributed by atoms with Crippen molar-refractivity contribution in [2.45, 2.75) is 57.4 Å². The molecule has 0 radical (unpaired) electrons. The summed E-state index contributed by atoms with van der Waals surface area (Å²) in [4.78, 5) is 63.3. The summed E-state index contributed by atoms with van der Waals surface area (Å²) in [5.74, 6) is 0.649. The minimum atomic E-state index is -1.32. The van der Waals surface area contributed by atoms with Gasteiger partial charge in [-0.2, -0.15) is 0 Å². The van der Waals surface area contributed by atoms with Crippen LogP contribution in [0.5, 0.6) is 11.5 Å². The number of halogens is 1. The minimum Gasteiger partial charge on any atom is -0.489 e. The lowest BCUT2D eigenvalue weighted by Crippen LogP contribution is -2.55. The quantitative estimate of drug-likeness (QED) is 0.142. The molecule has 4 heterocycles. The number of piperazine rings is 1. The highest BCUT2D eigenvalue weighted by molar-refractivity contribution is 6.19. The van der Waals surface area contributed by atoms with Crippen molar-refractivity contribution >= 4 is 57.7 Å². The van der Waals surface area contributed by atoms with Crippen molar-refractivity contribution in [2.75, 3.05) is 68.6 Å². The third-order valence-corrected chi connectivity index (χ3v) is 12.4. The average Bonchev–Trinajstić information content (AvgIpc) is 3.61. The van der Waals surface area contributed by atoms with Crippen LogP contribution in [0.3, 0.4) is 0 Å². The maximum Gasteiger partial charge on any atom is 0.416 e. The number of hydrogen-bond donors (Lipinski definition) is 1. The van der Waals surface area contributed by atoms with E-state index in [1.165, 1.54) is 6.08 Å². The van der Waals surface area contributed by atoms with Crippen LogP contribution in [0.1, 0.15) is 57.8 Å². The predicted molar refractivity (Wildman–Crippen MR) is 229 cm³/mol. The zero-order valence-electron chi connectivity index (χ0n) is 34.0. The molecule has 0 bridgehead atoms. The Morgan fingerprint density at radius 1 is 0.900 bits per heavy atom. The maximum atomic E-state index is 14.2. The first-order valence-corrected chi connectivity index (χ1v) is 21.1. The molecular formula is C46H50ClN5O8. The number of nitrogens with zero attached hydrogens (tertiary/aromatic N) is 5. The summed E-state index contributed by atoms with van der Waals surface area (Å²) in [6, 6.07) is 19.9. The fourth-order valence-electron chi connectivity index (χ4n) is 8.87. The number of carbonyl (C=O) groups is 4. The average molecular weight is 836 g/mol. The van der Waals surface area contributed by atoms with Gasteiger partial charge in [0.2, 0.25) is 5.91 Å². The van der Waals surface area contributed by atoms with E-state index in [4.69, 9.17) is 25.8 Å². The number of fused-ring (bicyclic) bond motifs is 5. The lowest BCUT2D eigenvalue weighted by Gasteiger charge is -2.38. The van der Waals surface area contributed by atoms with Crippen LogP contribution >= 0.6 is 11.6 Å². The molecule has 314 valence electrons. The van der Waals surface area contributed by atoms with E-state index in [0.29, 0.717) is 61.2 Å². The molecule has 4 aromatic carbocycles. The van der Waals surface area contributed by atoms with Crippen molar-refractivity contribution in [3.63, 3.8) is 0 Å². The van der Waals surface area contributed by atoms with Gasteiger partial charge in [0.1, 0.15) is 24.7 Å². The molecule has 8 rings (SSSR count). The van der Waals surface area contributed by atoms with Gasteiger partial charge in [-0.3, -0.25) is 9.59 Å². The van der Waals surface area contributed by atoms with Crippen LogP contribution in [0.2, 0.25) is 0 Å². The number of amides is 4. The first kappa shape index (κ1) is 41.1. The van der Waals surface area contributed by atoms with E-state index in [1.54, 1.807) is 32.9 Å². The number of hydrogen-bond acceptors (Lipinski definition) is 9. The molecule has 2 fully saturated rings. The number of benzene rings is 4. The summed E-state index contributed by atoms with van der Waals surface area (Å²) < 4.78 is 17.8. The lowest BCUT2D eigenvalue weighted by molar-refractivity contribution is -0.117. The second-order valence-electron chi connectivity index (χ2n) is 16.0. The highest BCUT2D eigenvalue weighted by Crippen LogP contribution is 2.46. The van der Waals surface area contributed by atoms with Gasteiger partial charge in [0, 0.05) is 68.6 Å². The molecule has 4 aliphatic heterocycles. The van der Waals surface area contributed by atoms with Crippen molar-refractivity contribution in [2.24, 2.45) is 0 Å². The van der Waals surface area contributed by atoms with E-state index in [0.717, 1.165) is 58.3 Å². The number of rotatable bonds is 9. The number of aliphatic hydroxyl groups is 1. The molecular weight excluding hydrogens is 786 g/mol. The molecule has 0 saturated carbocycles. The standard InChI is InChI=1S/C46H50ClN5O8/c1-4-20-58-46(57)52-37-24-39(29(2)21-35(37)43(54)50-15-8-7-14-36(50)44(52)55)59-28-31-11-9-10-30(22-31)23-41(53)51-27-32(26-47)42-34-13-6-5-12-33(34)40(25-38(42)51)60-45(56)49-18-16-48(3)17-19-49/h4-6,9-13,21-22,24-25,32,36,44,55H,1,7-8,14-20,23,26-28H2,2-3H3/t32-,36+,44?/m1/s1. The number of piperidine rings is 1. The highest BCUT2D eigenvalue weighted by atomic mass is 35.5. The van der Waals surface area contributed by atoms with Crippen molar-refractivity contribution in [3.8, 4) is 11.5 Å². The van der Waals surface area contributed by atoms with Crippen LogP contribution in [0.15, 0.2) is 79.4 Å². The van der Waals surface area contributed by atoms with Crippen LogP contribution in [-0.4, -0.2) is 115 Å².